The van der Waals surface area contributed by atoms with Crippen molar-refractivity contribution in [2.45, 2.75) is 6.36 Å². The highest BCUT2D eigenvalue weighted by atomic mass is 35.5. The average molecular weight is 233 g/mol. The molecule has 0 amide bonds. The van der Waals surface area contributed by atoms with Crippen molar-refractivity contribution in [1.29, 1.82) is 0 Å². The lowest BCUT2D eigenvalue weighted by molar-refractivity contribution is -0.275. The molecule has 1 rings (SSSR count). The van der Waals surface area contributed by atoms with E-state index >= 15 is 0 Å². The Morgan fingerprint density at radius 2 is 1.71 bits per heavy atom. The molecule has 0 aliphatic rings. The van der Waals surface area contributed by atoms with Gasteiger partial charge in [-0.15, -0.1) is 13.2 Å². The molecule has 0 saturated heterocycles. The summed E-state index contributed by atoms with van der Waals surface area (Å²) in [6.07, 6.45) is -5.09. The Bertz CT molecular complexity index is 349. The van der Waals surface area contributed by atoms with Gasteiger partial charge in [0.2, 0.25) is 0 Å². The second-order valence-corrected chi connectivity index (χ2v) is 2.65. The van der Waals surface area contributed by atoms with Crippen LogP contribution in [0.2, 0.25) is 5.02 Å². The zero-order chi connectivity index (χ0) is 10.9. The van der Waals surface area contributed by atoms with E-state index in [1.165, 1.54) is 0 Å². The van der Waals surface area contributed by atoms with Crippen LogP contribution >= 0.6 is 11.6 Å². The summed E-state index contributed by atoms with van der Waals surface area (Å²) in [7, 11) is 0. The van der Waals surface area contributed by atoms with E-state index in [0.717, 1.165) is 0 Å². The van der Waals surface area contributed by atoms with E-state index in [4.69, 9.17) is 11.6 Å². The SMILES string of the molecule is Fc1cc(Cl)c(F)c(OC(F)(F)F)c1. The van der Waals surface area contributed by atoms with Gasteiger partial charge in [-0.05, 0) is 6.07 Å². The van der Waals surface area contributed by atoms with E-state index in [2.05, 4.69) is 4.74 Å². The monoisotopic (exact) mass is 232 g/mol. The van der Waals surface area contributed by atoms with Crippen LogP contribution < -0.4 is 4.74 Å². The molecule has 1 aromatic rings. The molecule has 7 heteroatoms. The minimum atomic E-state index is -5.09. The summed E-state index contributed by atoms with van der Waals surface area (Å²) >= 11 is 5.09. The Morgan fingerprint density at radius 3 is 2.21 bits per heavy atom. The third kappa shape index (κ3) is 2.73. The molecule has 0 saturated carbocycles. The van der Waals surface area contributed by atoms with E-state index < -0.39 is 28.8 Å². The van der Waals surface area contributed by atoms with Crippen molar-refractivity contribution in [2.75, 3.05) is 0 Å². The van der Waals surface area contributed by atoms with Crippen molar-refractivity contribution >= 4 is 11.6 Å². The maximum atomic E-state index is 12.8. The molecular weight excluding hydrogens is 231 g/mol. The molecule has 0 radical (unpaired) electrons. The van der Waals surface area contributed by atoms with Gasteiger partial charge < -0.3 is 4.74 Å². The van der Waals surface area contributed by atoms with Gasteiger partial charge in [-0.2, -0.15) is 0 Å². The summed E-state index contributed by atoms with van der Waals surface area (Å²) in [5.41, 5.74) is 0. The fourth-order valence-electron chi connectivity index (χ4n) is 0.731. The molecule has 1 nitrogen and oxygen atoms in total. The molecule has 0 aliphatic carbocycles. The number of alkyl halides is 3. The molecule has 0 bridgehead atoms. The van der Waals surface area contributed by atoms with Gasteiger partial charge in [0.1, 0.15) is 5.82 Å². The molecule has 1 aromatic carbocycles. The van der Waals surface area contributed by atoms with Crippen LogP contribution in [0.3, 0.4) is 0 Å². The topological polar surface area (TPSA) is 9.23 Å². The highest BCUT2D eigenvalue weighted by Gasteiger charge is 2.33. The number of hydrogen-bond donors (Lipinski definition) is 0. The van der Waals surface area contributed by atoms with Crippen LogP contribution in [-0.4, -0.2) is 6.36 Å². The van der Waals surface area contributed by atoms with Crippen molar-refractivity contribution in [3.8, 4) is 5.75 Å². The van der Waals surface area contributed by atoms with Gasteiger partial charge in [0, 0.05) is 6.07 Å². The van der Waals surface area contributed by atoms with E-state index in [1.807, 2.05) is 0 Å². The van der Waals surface area contributed by atoms with Crippen molar-refractivity contribution in [3.05, 3.63) is 28.8 Å². The Hall–Kier alpha value is -1.04. The summed E-state index contributed by atoms with van der Waals surface area (Å²) < 4.78 is 63.4. The van der Waals surface area contributed by atoms with Crippen molar-refractivity contribution in [2.24, 2.45) is 0 Å². The minimum absolute atomic E-state index is 0.259. The average Bonchev–Trinajstić information content (AvgIpc) is 1.96. The van der Waals surface area contributed by atoms with Crippen molar-refractivity contribution < 1.29 is 26.7 Å². The fraction of sp³-hybridized carbons (Fsp3) is 0.143. The van der Waals surface area contributed by atoms with Gasteiger partial charge >= 0.3 is 6.36 Å². The maximum absolute atomic E-state index is 12.8. The molecule has 0 spiro atoms. The Balaban J connectivity index is 3.09. The Morgan fingerprint density at radius 1 is 1.14 bits per heavy atom. The largest absolute Gasteiger partial charge is 0.573 e. The van der Waals surface area contributed by atoms with E-state index in [-0.39, 0.29) is 6.07 Å². The second kappa shape index (κ2) is 3.61. The zero-order valence-electron chi connectivity index (χ0n) is 6.33. The van der Waals surface area contributed by atoms with Crippen LogP contribution in [0.25, 0.3) is 0 Å². The number of rotatable bonds is 1. The first-order chi connectivity index (χ1) is 6.29. The first-order valence-corrected chi connectivity index (χ1v) is 3.57. The smallest absolute Gasteiger partial charge is 0.402 e. The van der Waals surface area contributed by atoms with Crippen molar-refractivity contribution in [1.82, 2.24) is 0 Å². The fourth-order valence-corrected chi connectivity index (χ4v) is 0.929. The van der Waals surface area contributed by atoms with E-state index in [0.29, 0.717) is 6.07 Å². The van der Waals surface area contributed by atoms with Gasteiger partial charge in [-0.25, -0.2) is 8.78 Å². The highest BCUT2D eigenvalue weighted by Crippen LogP contribution is 2.30. The number of ether oxygens (including phenoxy) is 1. The van der Waals surface area contributed by atoms with Crippen LogP contribution in [0.5, 0.6) is 5.75 Å². The van der Waals surface area contributed by atoms with Gasteiger partial charge in [-0.1, -0.05) is 11.6 Å². The normalized spacial score (nSPS) is 11.6. The minimum Gasteiger partial charge on any atom is -0.402 e. The summed E-state index contributed by atoms with van der Waals surface area (Å²) in [6, 6.07) is 0.800. The quantitative estimate of drug-likeness (QED) is 0.532. The number of halogens is 6. The third-order valence-electron chi connectivity index (χ3n) is 1.19. The van der Waals surface area contributed by atoms with Crippen LogP contribution in [0, 0.1) is 11.6 Å². The summed E-state index contributed by atoms with van der Waals surface area (Å²) in [5.74, 6) is -3.86. The molecular formula is C7H2ClF5O. The molecule has 0 aromatic heterocycles. The molecule has 0 fully saturated rings. The van der Waals surface area contributed by atoms with Gasteiger partial charge in [-0.3, -0.25) is 0 Å². The zero-order valence-corrected chi connectivity index (χ0v) is 7.09. The van der Waals surface area contributed by atoms with E-state index in [1.54, 1.807) is 0 Å². The predicted octanol–water partition coefficient (Wildman–Crippen LogP) is 3.52. The highest BCUT2D eigenvalue weighted by molar-refractivity contribution is 6.30. The number of benzene rings is 1. The van der Waals surface area contributed by atoms with Gasteiger partial charge in [0.05, 0.1) is 5.02 Å². The maximum Gasteiger partial charge on any atom is 0.573 e. The van der Waals surface area contributed by atoms with Crippen molar-refractivity contribution in [3.63, 3.8) is 0 Å². The molecule has 14 heavy (non-hydrogen) atoms. The first-order valence-electron chi connectivity index (χ1n) is 3.20. The molecule has 0 atom stereocenters. The summed E-state index contributed by atoms with van der Waals surface area (Å²) in [5, 5.41) is -0.774. The molecule has 0 N–H and O–H groups in total. The molecule has 0 unspecified atom stereocenters. The standard InChI is InChI=1S/C7H2ClF5O/c8-4-1-3(9)2-5(6(4)10)14-7(11,12)13/h1-2H. The Kier molecular flexibility index (Phi) is 2.84. The van der Waals surface area contributed by atoms with Crippen LogP contribution in [0.4, 0.5) is 22.0 Å². The van der Waals surface area contributed by atoms with Crippen LogP contribution in [-0.2, 0) is 0 Å². The molecule has 78 valence electrons. The lowest BCUT2D eigenvalue weighted by atomic mass is 10.3. The second-order valence-electron chi connectivity index (χ2n) is 2.25. The first kappa shape index (κ1) is 11.0. The van der Waals surface area contributed by atoms with Gasteiger partial charge in [0.15, 0.2) is 11.6 Å². The van der Waals surface area contributed by atoms with Crippen LogP contribution in [0.1, 0.15) is 0 Å². The van der Waals surface area contributed by atoms with Gasteiger partial charge in [0.25, 0.3) is 0 Å². The molecule has 0 heterocycles. The molecule has 0 aliphatic heterocycles. The van der Waals surface area contributed by atoms with Crippen LogP contribution in [0.15, 0.2) is 12.1 Å². The summed E-state index contributed by atoms with van der Waals surface area (Å²) in [6.45, 7) is 0. The van der Waals surface area contributed by atoms with E-state index in [9.17, 15) is 22.0 Å². The number of hydrogen-bond acceptors (Lipinski definition) is 1. The lowest BCUT2D eigenvalue weighted by Crippen LogP contribution is -2.18. The Labute approximate surface area is 80.0 Å². The lowest BCUT2D eigenvalue weighted by Gasteiger charge is -2.09. The third-order valence-corrected chi connectivity index (χ3v) is 1.46. The predicted molar refractivity (Wildman–Crippen MR) is 38.1 cm³/mol. The summed E-state index contributed by atoms with van der Waals surface area (Å²) in [4.78, 5) is 0.